The van der Waals surface area contributed by atoms with Gasteiger partial charge in [0.25, 0.3) is 5.56 Å². The maximum Gasteiger partial charge on any atom is 0.255 e. The Balaban J connectivity index is 2.48. The van der Waals surface area contributed by atoms with Gasteiger partial charge in [-0.25, -0.2) is 4.39 Å². The summed E-state index contributed by atoms with van der Waals surface area (Å²) in [5.74, 6) is 0. The highest BCUT2D eigenvalue weighted by atomic mass is 35.5. The lowest BCUT2D eigenvalue weighted by molar-refractivity contribution is 0.484. The fourth-order valence-corrected chi connectivity index (χ4v) is 1.54. The molecule has 2 rings (SSSR count). The van der Waals surface area contributed by atoms with Crippen LogP contribution in [0, 0.1) is 0 Å². The Morgan fingerprint density at radius 1 is 1.19 bits per heavy atom. The zero-order valence-corrected chi connectivity index (χ0v) is 9.12. The Hall–Kier alpha value is -1.61. The quantitative estimate of drug-likeness (QED) is 0.787. The number of alkyl halides is 1. The van der Waals surface area contributed by atoms with Crippen molar-refractivity contribution in [3.05, 3.63) is 63.5 Å². The van der Waals surface area contributed by atoms with Gasteiger partial charge in [-0.1, -0.05) is 11.6 Å². The van der Waals surface area contributed by atoms with Crippen LogP contribution in [0.5, 0.6) is 0 Å². The molecular formula is C12H9ClFNO. The average Bonchev–Trinajstić information content (AvgIpc) is 2.30. The SMILES string of the molecule is O=c1cc(CF)ccn1-c1ccc(Cl)cc1. The number of pyridine rings is 1. The molecule has 0 aliphatic carbocycles. The minimum atomic E-state index is -0.628. The lowest BCUT2D eigenvalue weighted by atomic mass is 10.2. The molecule has 0 N–H and O–H groups in total. The Morgan fingerprint density at radius 2 is 1.88 bits per heavy atom. The zero-order valence-electron chi connectivity index (χ0n) is 8.36. The van der Waals surface area contributed by atoms with Gasteiger partial charge in [0.2, 0.25) is 0 Å². The molecular weight excluding hydrogens is 229 g/mol. The van der Waals surface area contributed by atoms with Crippen LogP contribution in [0.1, 0.15) is 5.56 Å². The number of rotatable bonds is 2. The first-order valence-electron chi connectivity index (χ1n) is 4.74. The van der Waals surface area contributed by atoms with E-state index in [4.69, 9.17) is 11.6 Å². The normalized spacial score (nSPS) is 10.4. The average molecular weight is 238 g/mol. The van der Waals surface area contributed by atoms with E-state index in [9.17, 15) is 9.18 Å². The van der Waals surface area contributed by atoms with Gasteiger partial charge >= 0.3 is 0 Å². The number of aromatic nitrogens is 1. The van der Waals surface area contributed by atoms with Crippen LogP contribution in [-0.4, -0.2) is 4.57 Å². The molecule has 1 heterocycles. The van der Waals surface area contributed by atoms with Crippen LogP contribution >= 0.6 is 11.6 Å². The van der Waals surface area contributed by atoms with Crippen molar-refractivity contribution >= 4 is 11.6 Å². The fourth-order valence-electron chi connectivity index (χ4n) is 1.42. The van der Waals surface area contributed by atoms with Gasteiger partial charge in [0, 0.05) is 23.0 Å². The molecule has 82 valence electrons. The van der Waals surface area contributed by atoms with E-state index in [2.05, 4.69) is 0 Å². The summed E-state index contributed by atoms with van der Waals surface area (Å²) in [6.45, 7) is -0.628. The fraction of sp³-hybridized carbons (Fsp3) is 0.0833. The highest BCUT2D eigenvalue weighted by Crippen LogP contribution is 2.12. The Labute approximate surface area is 96.9 Å². The molecule has 0 aliphatic heterocycles. The highest BCUT2D eigenvalue weighted by molar-refractivity contribution is 6.30. The van der Waals surface area contributed by atoms with Crippen LogP contribution in [0.4, 0.5) is 4.39 Å². The molecule has 16 heavy (non-hydrogen) atoms. The van der Waals surface area contributed by atoms with Crippen molar-refractivity contribution in [3.8, 4) is 5.69 Å². The van der Waals surface area contributed by atoms with Crippen LogP contribution in [-0.2, 0) is 6.67 Å². The van der Waals surface area contributed by atoms with E-state index in [1.54, 1.807) is 36.5 Å². The van der Waals surface area contributed by atoms with Crippen molar-refractivity contribution in [1.29, 1.82) is 0 Å². The summed E-state index contributed by atoms with van der Waals surface area (Å²) in [5, 5.41) is 0.608. The molecule has 0 amide bonds. The van der Waals surface area contributed by atoms with Gasteiger partial charge in [-0.3, -0.25) is 9.36 Å². The van der Waals surface area contributed by atoms with Crippen molar-refractivity contribution in [2.24, 2.45) is 0 Å². The number of halogens is 2. The van der Waals surface area contributed by atoms with Gasteiger partial charge < -0.3 is 0 Å². The van der Waals surface area contributed by atoms with Crippen molar-refractivity contribution in [2.75, 3.05) is 0 Å². The van der Waals surface area contributed by atoms with Crippen molar-refractivity contribution in [3.63, 3.8) is 0 Å². The molecule has 1 aromatic heterocycles. The van der Waals surface area contributed by atoms with E-state index in [1.165, 1.54) is 10.6 Å². The Morgan fingerprint density at radius 3 is 2.44 bits per heavy atom. The van der Waals surface area contributed by atoms with Gasteiger partial charge in [0.1, 0.15) is 6.67 Å². The summed E-state index contributed by atoms with van der Waals surface area (Å²) < 4.78 is 13.8. The monoisotopic (exact) mass is 237 g/mol. The zero-order chi connectivity index (χ0) is 11.5. The van der Waals surface area contributed by atoms with E-state index in [0.29, 0.717) is 16.3 Å². The van der Waals surface area contributed by atoms with Crippen LogP contribution in [0.2, 0.25) is 5.02 Å². The molecule has 2 nitrogen and oxygen atoms in total. The summed E-state index contributed by atoms with van der Waals surface area (Å²) in [6, 6.07) is 9.74. The third-order valence-corrected chi connectivity index (χ3v) is 2.50. The lowest BCUT2D eigenvalue weighted by Crippen LogP contribution is -2.16. The molecule has 0 spiro atoms. The molecule has 0 radical (unpaired) electrons. The second kappa shape index (κ2) is 4.49. The first kappa shape index (κ1) is 10.9. The molecule has 0 saturated heterocycles. The maximum atomic E-state index is 12.3. The third-order valence-electron chi connectivity index (χ3n) is 2.24. The highest BCUT2D eigenvalue weighted by Gasteiger charge is 2.00. The molecule has 0 aliphatic rings. The largest absolute Gasteiger partial charge is 0.284 e. The van der Waals surface area contributed by atoms with Gasteiger partial charge in [0.05, 0.1) is 0 Å². The first-order chi connectivity index (χ1) is 7.70. The van der Waals surface area contributed by atoms with Crippen molar-refractivity contribution < 1.29 is 4.39 Å². The van der Waals surface area contributed by atoms with E-state index in [0.717, 1.165) is 0 Å². The number of nitrogens with zero attached hydrogens (tertiary/aromatic N) is 1. The first-order valence-corrected chi connectivity index (χ1v) is 5.12. The van der Waals surface area contributed by atoms with Crippen LogP contribution in [0.3, 0.4) is 0 Å². The van der Waals surface area contributed by atoms with Gasteiger partial charge in [-0.15, -0.1) is 0 Å². The third kappa shape index (κ3) is 2.14. The summed E-state index contributed by atoms with van der Waals surface area (Å²) in [7, 11) is 0. The van der Waals surface area contributed by atoms with E-state index in [-0.39, 0.29) is 5.56 Å². The topological polar surface area (TPSA) is 22.0 Å². The van der Waals surface area contributed by atoms with Crippen LogP contribution < -0.4 is 5.56 Å². The van der Waals surface area contributed by atoms with Crippen molar-refractivity contribution in [2.45, 2.75) is 6.67 Å². The molecule has 0 unspecified atom stereocenters. The predicted octanol–water partition coefficient (Wildman–Crippen LogP) is 2.96. The lowest BCUT2D eigenvalue weighted by Gasteiger charge is -2.05. The smallest absolute Gasteiger partial charge is 0.255 e. The summed E-state index contributed by atoms with van der Waals surface area (Å²) in [4.78, 5) is 11.6. The summed E-state index contributed by atoms with van der Waals surface area (Å²) in [5.41, 5.74) is 0.840. The minimum Gasteiger partial charge on any atom is -0.284 e. The molecule has 0 bridgehead atoms. The number of benzene rings is 1. The molecule has 0 fully saturated rings. The predicted molar refractivity (Wildman–Crippen MR) is 61.9 cm³/mol. The van der Waals surface area contributed by atoms with Crippen LogP contribution in [0.25, 0.3) is 5.69 Å². The summed E-state index contributed by atoms with van der Waals surface area (Å²) in [6.07, 6.45) is 1.56. The Bertz CT molecular complexity index is 548. The van der Waals surface area contributed by atoms with Crippen molar-refractivity contribution in [1.82, 2.24) is 4.57 Å². The van der Waals surface area contributed by atoms with Gasteiger partial charge in [-0.05, 0) is 35.9 Å². The summed E-state index contributed by atoms with van der Waals surface area (Å²) >= 11 is 5.75. The second-order valence-corrected chi connectivity index (χ2v) is 3.79. The van der Waals surface area contributed by atoms with Gasteiger partial charge in [-0.2, -0.15) is 0 Å². The second-order valence-electron chi connectivity index (χ2n) is 3.35. The van der Waals surface area contributed by atoms with E-state index < -0.39 is 6.67 Å². The molecule has 1 aromatic carbocycles. The molecule has 2 aromatic rings. The minimum absolute atomic E-state index is 0.252. The molecule has 0 saturated carbocycles. The maximum absolute atomic E-state index is 12.3. The number of hydrogen-bond donors (Lipinski definition) is 0. The van der Waals surface area contributed by atoms with E-state index >= 15 is 0 Å². The number of hydrogen-bond acceptors (Lipinski definition) is 1. The molecule has 0 atom stereocenters. The Kier molecular flexibility index (Phi) is 3.06. The van der Waals surface area contributed by atoms with Crippen LogP contribution in [0.15, 0.2) is 47.4 Å². The molecule has 4 heteroatoms. The van der Waals surface area contributed by atoms with Gasteiger partial charge in [0.15, 0.2) is 0 Å². The standard InChI is InChI=1S/C12H9ClFNO/c13-10-1-3-11(4-2-10)15-6-5-9(8-14)7-12(15)16/h1-7H,8H2. The van der Waals surface area contributed by atoms with E-state index in [1.807, 2.05) is 0 Å².